The maximum absolute atomic E-state index is 5.35. The molecule has 0 fully saturated rings. The van der Waals surface area contributed by atoms with Crippen LogP contribution < -0.4 is 4.74 Å². The molecule has 0 N–H and O–H groups in total. The molecule has 0 saturated heterocycles. The van der Waals surface area contributed by atoms with E-state index in [9.17, 15) is 0 Å². The minimum atomic E-state index is 0.603. The number of benzene rings is 1. The molecule has 74 valence electrons. The average molecular weight is 190 g/mol. The van der Waals surface area contributed by atoms with Gasteiger partial charge in [-0.25, -0.2) is 0 Å². The molecule has 0 saturated carbocycles. The summed E-state index contributed by atoms with van der Waals surface area (Å²) in [6, 6.07) is 7.79. The monoisotopic (exact) mass is 190 g/mol. The Bertz CT molecular complexity index is 295. The summed E-state index contributed by atoms with van der Waals surface area (Å²) in [5.74, 6) is 3.39. The van der Waals surface area contributed by atoms with Crippen molar-refractivity contribution in [1.82, 2.24) is 0 Å². The molecule has 2 nitrogen and oxygen atoms in total. The Balaban J connectivity index is 2.33. The van der Waals surface area contributed by atoms with Crippen LogP contribution in [-0.4, -0.2) is 13.7 Å². The summed E-state index contributed by atoms with van der Waals surface area (Å²) in [4.78, 5) is 0. The zero-order valence-electron chi connectivity index (χ0n) is 8.32. The molecule has 0 amide bonds. The van der Waals surface area contributed by atoms with E-state index >= 15 is 0 Å². The van der Waals surface area contributed by atoms with Crippen LogP contribution >= 0.6 is 0 Å². The number of methoxy groups -OCH3 is 1. The molecule has 0 aromatic heterocycles. The van der Waals surface area contributed by atoms with Gasteiger partial charge in [-0.1, -0.05) is 12.1 Å². The van der Waals surface area contributed by atoms with Crippen molar-refractivity contribution in [2.24, 2.45) is 0 Å². The Hall–Kier alpha value is -1.46. The third-order valence-electron chi connectivity index (χ3n) is 1.82. The highest BCUT2D eigenvalue weighted by atomic mass is 16.5. The van der Waals surface area contributed by atoms with Crippen molar-refractivity contribution in [2.45, 2.75) is 13.0 Å². The van der Waals surface area contributed by atoms with Crippen LogP contribution in [0.3, 0.4) is 0 Å². The number of terminal acetylenes is 1. The highest BCUT2D eigenvalue weighted by Gasteiger charge is 1.93. The van der Waals surface area contributed by atoms with Crippen molar-refractivity contribution in [2.75, 3.05) is 13.7 Å². The second-order valence-electron chi connectivity index (χ2n) is 2.85. The number of hydrogen-bond acceptors (Lipinski definition) is 2. The van der Waals surface area contributed by atoms with Crippen LogP contribution in [0.15, 0.2) is 24.3 Å². The Kier molecular flexibility index (Phi) is 4.60. The fourth-order valence-corrected chi connectivity index (χ4v) is 1.04. The highest BCUT2D eigenvalue weighted by molar-refractivity contribution is 5.26. The molecule has 0 atom stereocenters. The standard InChI is InChI=1S/C12H14O2/c1-3-4-9-14-10-11-5-7-12(13-2)8-6-11/h1,5-8H,4,9-10H2,2H3. The smallest absolute Gasteiger partial charge is 0.118 e. The van der Waals surface area contributed by atoms with Gasteiger partial charge in [0.05, 0.1) is 20.3 Å². The molecule has 1 aromatic rings. The van der Waals surface area contributed by atoms with Gasteiger partial charge in [0.1, 0.15) is 5.75 Å². The maximum atomic E-state index is 5.35. The van der Waals surface area contributed by atoms with Gasteiger partial charge in [-0.15, -0.1) is 12.3 Å². The summed E-state index contributed by atoms with van der Waals surface area (Å²) in [6.45, 7) is 1.22. The predicted molar refractivity (Wildman–Crippen MR) is 56.1 cm³/mol. The molecule has 0 aliphatic carbocycles. The fraction of sp³-hybridized carbons (Fsp3) is 0.333. The first-order valence-corrected chi connectivity index (χ1v) is 4.51. The summed E-state index contributed by atoms with van der Waals surface area (Å²) in [7, 11) is 1.65. The largest absolute Gasteiger partial charge is 0.497 e. The minimum absolute atomic E-state index is 0.603. The minimum Gasteiger partial charge on any atom is -0.497 e. The second kappa shape index (κ2) is 6.06. The van der Waals surface area contributed by atoms with Crippen LogP contribution in [0, 0.1) is 12.3 Å². The van der Waals surface area contributed by atoms with E-state index in [0.29, 0.717) is 19.6 Å². The van der Waals surface area contributed by atoms with Crippen molar-refractivity contribution >= 4 is 0 Å². The SMILES string of the molecule is C#CCCOCc1ccc(OC)cc1. The number of rotatable bonds is 5. The van der Waals surface area contributed by atoms with E-state index in [4.69, 9.17) is 15.9 Å². The molecular weight excluding hydrogens is 176 g/mol. The van der Waals surface area contributed by atoms with E-state index in [2.05, 4.69) is 5.92 Å². The van der Waals surface area contributed by atoms with Crippen molar-refractivity contribution in [3.63, 3.8) is 0 Å². The highest BCUT2D eigenvalue weighted by Crippen LogP contribution is 2.11. The lowest BCUT2D eigenvalue weighted by atomic mass is 10.2. The number of ether oxygens (including phenoxy) is 2. The van der Waals surface area contributed by atoms with Crippen LogP contribution in [0.5, 0.6) is 5.75 Å². The molecule has 0 bridgehead atoms. The van der Waals surface area contributed by atoms with Gasteiger partial charge in [0.25, 0.3) is 0 Å². The first kappa shape index (κ1) is 10.6. The Morgan fingerprint density at radius 3 is 2.57 bits per heavy atom. The molecule has 1 rings (SSSR count). The van der Waals surface area contributed by atoms with E-state index in [-0.39, 0.29) is 0 Å². The molecule has 0 aliphatic heterocycles. The first-order valence-electron chi connectivity index (χ1n) is 4.51. The fourth-order valence-electron chi connectivity index (χ4n) is 1.04. The molecular formula is C12H14O2. The summed E-state index contributed by atoms with van der Waals surface area (Å²) in [6.07, 6.45) is 5.76. The van der Waals surface area contributed by atoms with Gasteiger partial charge in [-0.3, -0.25) is 0 Å². The Morgan fingerprint density at radius 2 is 2.00 bits per heavy atom. The third-order valence-corrected chi connectivity index (χ3v) is 1.82. The van der Waals surface area contributed by atoms with Crippen molar-refractivity contribution < 1.29 is 9.47 Å². The maximum Gasteiger partial charge on any atom is 0.118 e. The van der Waals surface area contributed by atoms with E-state index in [1.807, 2.05) is 24.3 Å². The summed E-state index contributed by atoms with van der Waals surface area (Å²) < 4.78 is 10.4. The summed E-state index contributed by atoms with van der Waals surface area (Å²) >= 11 is 0. The Labute approximate surface area is 84.8 Å². The molecule has 0 aliphatic rings. The summed E-state index contributed by atoms with van der Waals surface area (Å²) in [5, 5.41) is 0. The normalized spacial score (nSPS) is 9.43. The van der Waals surface area contributed by atoms with Gasteiger partial charge in [-0.2, -0.15) is 0 Å². The quantitative estimate of drug-likeness (QED) is 0.523. The molecule has 0 unspecified atom stereocenters. The van der Waals surface area contributed by atoms with Crippen LogP contribution in [0.4, 0.5) is 0 Å². The van der Waals surface area contributed by atoms with Crippen LogP contribution in [-0.2, 0) is 11.3 Å². The molecule has 0 radical (unpaired) electrons. The summed E-state index contributed by atoms with van der Waals surface area (Å²) in [5.41, 5.74) is 1.13. The molecule has 0 heterocycles. The van der Waals surface area contributed by atoms with Gasteiger partial charge >= 0.3 is 0 Å². The van der Waals surface area contributed by atoms with Gasteiger partial charge in [-0.05, 0) is 17.7 Å². The van der Waals surface area contributed by atoms with Crippen LogP contribution in [0.25, 0.3) is 0 Å². The van der Waals surface area contributed by atoms with Gasteiger partial charge < -0.3 is 9.47 Å². The molecule has 0 spiro atoms. The lowest BCUT2D eigenvalue weighted by Gasteiger charge is -2.03. The van der Waals surface area contributed by atoms with E-state index < -0.39 is 0 Å². The first-order chi connectivity index (χ1) is 6.86. The van der Waals surface area contributed by atoms with E-state index in [0.717, 1.165) is 11.3 Å². The lowest BCUT2D eigenvalue weighted by molar-refractivity contribution is 0.126. The molecule has 2 heteroatoms. The van der Waals surface area contributed by atoms with E-state index in [1.165, 1.54) is 0 Å². The zero-order valence-corrected chi connectivity index (χ0v) is 8.32. The van der Waals surface area contributed by atoms with Crippen LogP contribution in [0.2, 0.25) is 0 Å². The predicted octanol–water partition coefficient (Wildman–Crippen LogP) is 2.24. The molecule has 14 heavy (non-hydrogen) atoms. The number of hydrogen-bond donors (Lipinski definition) is 0. The molecule has 1 aromatic carbocycles. The average Bonchev–Trinajstić information content (AvgIpc) is 2.25. The van der Waals surface area contributed by atoms with Crippen LogP contribution in [0.1, 0.15) is 12.0 Å². The van der Waals surface area contributed by atoms with E-state index in [1.54, 1.807) is 7.11 Å². The van der Waals surface area contributed by atoms with Gasteiger partial charge in [0.2, 0.25) is 0 Å². The Morgan fingerprint density at radius 1 is 1.29 bits per heavy atom. The topological polar surface area (TPSA) is 18.5 Å². The van der Waals surface area contributed by atoms with Crippen molar-refractivity contribution in [1.29, 1.82) is 0 Å². The lowest BCUT2D eigenvalue weighted by Crippen LogP contribution is -1.94. The second-order valence-corrected chi connectivity index (χ2v) is 2.85. The van der Waals surface area contributed by atoms with Crippen molar-refractivity contribution in [3.05, 3.63) is 29.8 Å². The van der Waals surface area contributed by atoms with Crippen molar-refractivity contribution in [3.8, 4) is 18.1 Å². The van der Waals surface area contributed by atoms with Gasteiger partial charge in [0.15, 0.2) is 0 Å². The third kappa shape index (κ3) is 3.51. The van der Waals surface area contributed by atoms with Gasteiger partial charge in [0, 0.05) is 6.42 Å². The zero-order chi connectivity index (χ0) is 10.2.